The topological polar surface area (TPSA) is 89.4 Å². The Kier molecular flexibility index (Phi) is 13.1. The third-order valence-corrected chi connectivity index (χ3v) is 3.57. The molecule has 0 aromatic heterocycles. The summed E-state index contributed by atoms with van der Waals surface area (Å²) in [4.78, 5) is 2.50. The molecule has 2 heterocycles. The quantitative estimate of drug-likeness (QED) is 0.270. The van der Waals surface area contributed by atoms with Gasteiger partial charge in [-0.25, -0.2) is 0 Å². The molecule has 2 rings (SSSR count). The van der Waals surface area contributed by atoms with Gasteiger partial charge in [0, 0.05) is 91.6 Å². The van der Waals surface area contributed by atoms with Crippen molar-refractivity contribution in [3.05, 3.63) is 0 Å². The summed E-state index contributed by atoms with van der Waals surface area (Å²) in [6.07, 6.45) is 0. The minimum absolute atomic E-state index is 0.723. The zero-order valence-corrected chi connectivity index (χ0v) is 13.4. The number of rotatable bonds is 8. The van der Waals surface area contributed by atoms with E-state index >= 15 is 0 Å². The lowest BCUT2D eigenvalue weighted by Crippen LogP contribution is -2.46. The number of nitrogens with zero attached hydrogens (tertiary/aromatic N) is 1. The standard InChI is InChI=1S/C10H25N5.C4H10N2/c11-1-2-12-3-4-13-5-8-15-9-6-14-7-10-15;1-2-6-4-3-5-1/h12-14H,1-11H2;5-6H,1-4H2. The molecule has 0 spiro atoms. The lowest BCUT2D eigenvalue weighted by Gasteiger charge is -2.27. The Morgan fingerprint density at radius 3 is 1.76 bits per heavy atom. The molecular formula is C14H35N7. The molecule has 0 aliphatic carbocycles. The summed E-state index contributed by atoms with van der Waals surface area (Å²) in [5.74, 6) is 0. The lowest BCUT2D eigenvalue weighted by atomic mass is 10.3. The van der Waals surface area contributed by atoms with Crippen LogP contribution in [0.4, 0.5) is 0 Å². The van der Waals surface area contributed by atoms with Gasteiger partial charge in [-0.05, 0) is 0 Å². The van der Waals surface area contributed by atoms with Crippen molar-refractivity contribution in [1.82, 2.24) is 31.5 Å². The number of piperazine rings is 2. The minimum atomic E-state index is 0.723. The molecule has 0 saturated carbocycles. The van der Waals surface area contributed by atoms with Crippen LogP contribution < -0.4 is 32.3 Å². The van der Waals surface area contributed by atoms with Crippen LogP contribution in [-0.2, 0) is 0 Å². The van der Waals surface area contributed by atoms with Gasteiger partial charge >= 0.3 is 0 Å². The van der Waals surface area contributed by atoms with Gasteiger partial charge in [-0.3, -0.25) is 4.90 Å². The fraction of sp³-hybridized carbons (Fsp3) is 1.00. The van der Waals surface area contributed by atoms with Crippen molar-refractivity contribution < 1.29 is 0 Å². The van der Waals surface area contributed by atoms with Gasteiger partial charge < -0.3 is 32.3 Å². The zero-order chi connectivity index (χ0) is 15.0. The summed E-state index contributed by atoms with van der Waals surface area (Å²) in [6, 6.07) is 0. The molecule has 126 valence electrons. The van der Waals surface area contributed by atoms with Crippen LogP contribution in [0.3, 0.4) is 0 Å². The average molecular weight is 301 g/mol. The smallest absolute Gasteiger partial charge is 0.0108 e. The molecule has 0 radical (unpaired) electrons. The van der Waals surface area contributed by atoms with Crippen molar-refractivity contribution in [2.75, 3.05) is 91.6 Å². The van der Waals surface area contributed by atoms with Gasteiger partial charge in [0.05, 0.1) is 0 Å². The molecule has 0 aromatic rings. The first-order chi connectivity index (χ1) is 10.4. The summed E-state index contributed by atoms with van der Waals surface area (Å²) in [5, 5.41) is 16.5. The molecule has 7 nitrogen and oxygen atoms in total. The molecule has 2 aliphatic heterocycles. The fourth-order valence-corrected chi connectivity index (χ4v) is 2.30. The third kappa shape index (κ3) is 12.0. The largest absolute Gasteiger partial charge is 0.329 e. The molecule has 2 fully saturated rings. The van der Waals surface area contributed by atoms with E-state index in [1.165, 1.54) is 19.6 Å². The van der Waals surface area contributed by atoms with Crippen LogP contribution in [0.15, 0.2) is 0 Å². The Hall–Kier alpha value is -0.280. The molecule has 2 aliphatic rings. The molecule has 0 bridgehead atoms. The first-order valence-electron chi connectivity index (χ1n) is 8.39. The third-order valence-electron chi connectivity index (χ3n) is 3.57. The van der Waals surface area contributed by atoms with Gasteiger partial charge in [0.1, 0.15) is 0 Å². The van der Waals surface area contributed by atoms with Crippen molar-refractivity contribution in [1.29, 1.82) is 0 Å². The van der Waals surface area contributed by atoms with E-state index in [2.05, 4.69) is 31.5 Å². The number of nitrogens with two attached hydrogens (primary N) is 1. The van der Waals surface area contributed by atoms with Crippen molar-refractivity contribution in [3.8, 4) is 0 Å². The molecule has 2 saturated heterocycles. The van der Waals surface area contributed by atoms with Crippen molar-refractivity contribution in [2.45, 2.75) is 0 Å². The number of hydrogen-bond acceptors (Lipinski definition) is 7. The van der Waals surface area contributed by atoms with Crippen molar-refractivity contribution in [3.63, 3.8) is 0 Å². The molecule has 7 N–H and O–H groups in total. The second-order valence-corrected chi connectivity index (χ2v) is 5.38. The first-order valence-corrected chi connectivity index (χ1v) is 8.39. The Bertz CT molecular complexity index is 194. The van der Waals surface area contributed by atoms with Crippen LogP contribution >= 0.6 is 0 Å². The summed E-state index contributed by atoms with van der Waals surface area (Å²) in [6.45, 7) is 15.1. The molecule has 0 amide bonds. The molecular weight excluding hydrogens is 266 g/mol. The minimum Gasteiger partial charge on any atom is -0.329 e. The molecule has 21 heavy (non-hydrogen) atoms. The Labute approximate surface area is 129 Å². The zero-order valence-electron chi connectivity index (χ0n) is 13.4. The van der Waals surface area contributed by atoms with Crippen LogP contribution in [0, 0.1) is 0 Å². The highest BCUT2D eigenvalue weighted by atomic mass is 15.2. The molecule has 7 heteroatoms. The van der Waals surface area contributed by atoms with Gasteiger partial charge in [-0.15, -0.1) is 0 Å². The maximum atomic E-state index is 5.37. The van der Waals surface area contributed by atoms with Crippen LogP contribution in [-0.4, -0.2) is 96.5 Å². The van der Waals surface area contributed by atoms with E-state index in [-0.39, 0.29) is 0 Å². The van der Waals surface area contributed by atoms with Gasteiger partial charge in [0.25, 0.3) is 0 Å². The Morgan fingerprint density at radius 1 is 0.714 bits per heavy atom. The highest BCUT2D eigenvalue weighted by Gasteiger charge is 2.07. The van der Waals surface area contributed by atoms with E-state index in [4.69, 9.17) is 5.73 Å². The van der Waals surface area contributed by atoms with E-state index in [1.807, 2.05) is 0 Å². The Balaban J connectivity index is 0.000000304. The Morgan fingerprint density at radius 2 is 1.24 bits per heavy atom. The molecule has 0 unspecified atom stereocenters. The van der Waals surface area contributed by atoms with Crippen molar-refractivity contribution in [2.24, 2.45) is 5.73 Å². The highest BCUT2D eigenvalue weighted by molar-refractivity contribution is 4.68. The predicted octanol–water partition coefficient (Wildman–Crippen LogP) is -2.79. The second kappa shape index (κ2) is 14.6. The van der Waals surface area contributed by atoms with E-state index in [9.17, 15) is 0 Å². The number of hydrogen-bond donors (Lipinski definition) is 6. The van der Waals surface area contributed by atoms with Crippen LogP contribution in [0.2, 0.25) is 0 Å². The maximum absolute atomic E-state index is 5.37. The summed E-state index contributed by atoms with van der Waals surface area (Å²) < 4.78 is 0. The van der Waals surface area contributed by atoms with Gasteiger partial charge in [0.15, 0.2) is 0 Å². The monoisotopic (exact) mass is 301 g/mol. The van der Waals surface area contributed by atoms with Gasteiger partial charge in [0.2, 0.25) is 0 Å². The second-order valence-electron chi connectivity index (χ2n) is 5.38. The summed E-state index contributed by atoms with van der Waals surface area (Å²) in [5.41, 5.74) is 5.37. The summed E-state index contributed by atoms with van der Waals surface area (Å²) in [7, 11) is 0. The normalized spacial score (nSPS) is 19.9. The van der Waals surface area contributed by atoms with Crippen molar-refractivity contribution >= 4 is 0 Å². The van der Waals surface area contributed by atoms with E-state index in [1.54, 1.807) is 0 Å². The van der Waals surface area contributed by atoms with Gasteiger partial charge in [-0.1, -0.05) is 0 Å². The SMILES string of the molecule is C1CNCCN1.NCCNCCNCCN1CCNCC1. The molecule has 0 aromatic carbocycles. The first kappa shape index (κ1) is 18.8. The van der Waals surface area contributed by atoms with E-state index < -0.39 is 0 Å². The predicted molar refractivity (Wildman–Crippen MR) is 89.8 cm³/mol. The number of nitrogens with one attached hydrogen (secondary N) is 5. The average Bonchev–Trinajstić information content (AvgIpc) is 2.57. The van der Waals surface area contributed by atoms with Crippen LogP contribution in [0.5, 0.6) is 0 Å². The van der Waals surface area contributed by atoms with E-state index in [0.717, 1.165) is 72.0 Å². The lowest BCUT2D eigenvalue weighted by molar-refractivity contribution is 0.241. The van der Waals surface area contributed by atoms with Crippen LogP contribution in [0.1, 0.15) is 0 Å². The maximum Gasteiger partial charge on any atom is 0.0108 e. The van der Waals surface area contributed by atoms with Crippen LogP contribution in [0.25, 0.3) is 0 Å². The van der Waals surface area contributed by atoms with Gasteiger partial charge in [-0.2, -0.15) is 0 Å². The fourth-order valence-electron chi connectivity index (χ4n) is 2.30. The molecule has 0 atom stereocenters. The highest BCUT2D eigenvalue weighted by Crippen LogP contribution is 1.89. The van der Waals surface area contributed by atoms with E-state index in [0.29, 0.717) is 0 Å². The summed E-state index contributed by atoms with van der Waals surface area (Å²) >= 11 is 0.